The van der Waals surface area contributed by atoms with E-state index in [0.29, 0.717) is 0 Å². The summed E-state index contributed by atoms with van der Waals surface area (Å²) in [5, 5.41) is 10.5. The number of hydrogen-bond acceptors (Lipinski definition) is 0. The Balaban J connectivity index is 1.41. The lowest BCUT2D eigenvalue weighted by Gasteiger charge is -2.24. The topological polar surface area (TPSA) is 0 Å². The van der Waals surface area contributed by atoms with Crippen molar-refractivity contribution in [3.05, 3.63) is 157 Å². The molecule has 0 aromatic heterocycles. The second kappa shape index (κ2) is 8.90. The summed E-state index contributed by atoms with van der Waals surface area (Å²) in [4.78, 5) is 0. The fraction of sp³-hybridized carbons (Fsp3) is 0.0698. The Bertz CT molecular complexity index is 2350. The van der Waals surface area contributed by atoms with E-state index in [9.17, 15) is 0 Å². The molecule has 0 heterocycles. The summed E-state index contributed by atoms with van der Waals surface area (Å²) in [6, 6.07) is 53.9. The molecule has 0 nitrogen and oxygen atoms in total. The molecule has 0 atom stereocenters. The van der Waals surface area contributed by atoms with Gasteiger partial charge in [-0.25, -0.2) is 0 Å². The zero-order valence-corrected chi connectivity index (χ0v) is 24.4. The summed E-state index contributed by atoms with van der Waals surface area (Å²) in [6.07, 6.45) is 0. The van der Waals surface area contributed by atoms with Crippen LogP contribution in [0.4, 0.5) is 0 Å². The van der Waals surface area contributed by atoms with Crippen LogP contribution in [0, 0.1) is 0 Å². The van der Waals surface area contributed by atoms with Crippen LogP contribution in [0.15, 0.2) is 146 Å². The summed E-state index contributed by atoms with van der Waals surface area (Å²) >= 11 is 0. The fourth-order valence-corrected chi connectivity index (χ4v) is 8.01. The number of fused-ring (bicyclic) bond motifs is 10. The van der Waals surface area contributed by atoms with Gasteiger partial charge in [-0.3, -0.25) is 0 Å². The number of benzene rings is 8. The van der Waals surface area contributed by atoms with E-state index in [1.165, 1.54) is 87.6 Å². The van der Waals surface area contributed by atoms with Crippen molar-refractivity contribution < 1.29 is 0 Å². The van der Waals surface area contributed by atoms with Gasteiger partial charge in [-0.1, -0.05) is 153 Å². The molecule has 1 aliphatic rings. The molecule has 8 aromatic carbocycles. The van der Waals surface area contributed by atoms with E-state index in [1.54, 1.807) is 0 Å². The molecule has 0 saturated heterocycles. The highest BCUT2D eigenvalue weighted by Gasteiger charge is 2.38. The first-order chi connectivity index (χ1) is 21.1. The van der Waals surface area contributed by atoms with Crippen LogP contribution in [0.3, 0.4) is 0 Å². The van der Waals surface area contributed by atoms with Gasteiger partial charge in [0.15, 0.2) is 0 Å². The van der Waals surface area contributed by atoms with Crippen molar-refractivity contribution in [1.29, 1.82) is 0 Å². The molecule has 43 heavy (non-hydrogen) atoms. The van der Waals surface area contributed by atoms with E-state index in [4.69, 9.17) is 0 Å². The van der Waals surface area contributed by atoms with Gasteiger partial charge in [0.25, 0.3) is 0 Å². The molecule has 0 spiro atoms. The third-order valence-corrected chi connectivity index (χ3v) is 9.80. The Hall–Kier alpha value is -5.20. The van der Waals surface area contributed by atoms with Gasteiger partial charge in [0.1, 0.15) is 0 Å². The Morgan fingerprint density at radius 1 is 0.349 bits per heavy atom. The Kier molecular flexibility index (Phi) is 5.05. The van der Waals surface area contributed by atoms with Crippen molar-refractivity contribution in [2.75, 3.05) is 0 Å². The van der Waals surface area contributed by atoms with Gasteiger partial charge < -0.3 is 0 Å². The van der Waals surface area contributed by atoms with E-state index in [0.717, 1.165) is 0 Å². The minimum absolute atomic E-state index is 0.0769. The molecular weight excluding hydrogens is 516 g/mol. The van der Waals surface area contributed by atoms with Crippen LogP contribution in [-0.2, 0) is 5.41 Å². The standard InChI is InChI=1S/C43H30/c1-43(2)38-23-13-12-22-36(38)41-30-17-7-6-16-29(30)37-26-28(24-25-35(37)42(41)43)40-33-20-10-8-18-31(33)39(27-14-4-3-5-15-27)32-19-9-11-21-34(32)40/h3-26H,1-2H3. The molecule has 0 amide bonds. The minimum atomic E-state index is -0.0769. The van der Waals surface area contributed by atoms with Gasteiger partial charge >= 0.3 is 0 Å². The maximum absolute atomic E-state index is 2.47. The highest BCUT2D eigenvalue weighted by Crippen LogP contribution is 2.55. The monoisotopic (exact) mass is 546 g/mol. The molecule has 9 rings (SSSR count). The first kappa shape index (κ1) is 24.4. The van der Waals surface area contributed by atoms with Crippen molar-refractivity contribution in [1.82, 2.24) is 0 Å². The normalized spacial score (nSPS) is 13.5. The van der Waals surface area contributed by atoms with Gasteiger partial charge in [-0.15, -0.1) is 0 Å². The predicted molar refractivity (Wildman–Crippen MR) is 185 cm³/mol. The molecule has 0 N–H and O–H groups in total. The molecule has 1 aliphatic carbocycles. The SMILES string of the molecule is CC1(C)c2ccccc2-c2c1c1ccc(-c3c4ccccc4c(-c4ccccc4)c4ccccc34)cc1c1ccccc21. The molecule has 0 heteroatoms. The van der Waals surface area contributed by atoms with Crippen molar-refractivity contribution in [3.8, 4) is 33.4 Å². The van der Waals surface area contributed by atoms with Crippen LogP contribution in [0.1, 0.15) is 25.0 Å². The zero-order valence-electron chi connectivity index (χ0n) is 24.4. The number of hydrogen-bond donors (Lipinski definition) is 0. The van der Waals surface area contributed by atoms with Crippen LogP contribution in [-0.4, -0.2) is 0 Å². The molecule has 8 aromatic rings. The maximum Gasteiger partial charge on any atom is 0.0165 e. The summed E-state index contributed by atoms with van der Waals surface area (Å²) < 4.78 is 0. The highest BCUT2D eigenvalue weighted by atomic mass is 14.4. The van der Waals surface area contributed by atoms with E-state index < -0.39 is 0 Å². The molecule has 0 saturated carbocycles. The van der Waals surface area contributed by atoms with Gasteiger partial charge in [0, 0.05) is 5.41 Å². The van der Waals surface area contributed by atoms with Crippen molar-refractivity contribution >= 4 is 43.1 Å². The third kappa shape index (κ3) is 3.32. The van der Waals surface area contributed by atoms with Crippen LogP contribution in [0.25, 0.3) is 76.5 Å². The van der Waals surface area contributed by atoms with Gasteiger partial charge in [0.05, 0.1) is 0 Å². The third-order valence-electron chi connectivity index (χ3n) is 9.80. The molecule has 0 fully saturated rings. The Morgan fingerprint density at radius 2 is 0.837 bits per heavy atom. The Labute approximate surface area is 251 Å². The van der Waals surface area contributed by atoms with Crippen LogP contribution < -0.4 is 0 Å². The first-order valence-electron chi connectivity index (χ1n) is 15.2. The van der Waals surface area contributed by atoms with Gasteiger partial charge in [-0.05, 0) is 93.7 Å². The fourth-order valence-electron chi connectivity index (χ4n) is 8.01. The lowest BCUT2D eigenvalue weighted by Crippen LogP contribution is -2.15. The van der Waals surface area contributed by atoms with Crippen molar-refractivity contribution in [2.45, 2.75) is 19.3 Å². The van der Waals surface area contributed by atoms with E-state index in [-0.39, 0.29) is 5.41 Å². The molecule has 202 valence electrons. The number of rotatable bonds is 2. The molecule has 0 bridgehead atoms. The maximum atomic E-state index is 2.47. The van der Waals surface area contributed by atoms with E-state index >= 15 is 0 Å². The first-order valence-corrected chi connectivity index (χ1v) is 15.2. The smallest absolute Gasteiger partial charge is 0.0165 e. The summed E-state index contributed by atoms with van der Waals surface area (Å²) in [5.74, 6) is 0. The molecular formula is C43H30. The van der Waals surface area contributed by atoms with Gasteiger partial charge in [0.2, 0.25) is 0 Å². The average Bonchev–Trinajstić information content (AvgIpc) is 3.31. The van der Waals surface area contributed by atoms with Crippen LogP contribution >= 0.6 is 0 Å². The average molecular weight is 547 g/mol. The second-order valence-electron chi connectivity index (χ2n) is 12.4. The largest absolute Gasteiger partial charge is 0.0622 e. The van der Waals surface area contributed by atoms with Crippen molar-refractivity contribution in [3.63, 3.8) is 0 Å². The lowest BCUT2D eigenvalue weighted by atomic mass is 9.78. The molecule has 0 unspecified atom stereocenters. The van der Waals surface area contributed by atoms with Gasteiger partial charge in [-0.2, -0.15) is 0 Å². The molecule has 0 radical (unpaired) electrons. The molecule has 0 aliphatic heterocycles. The lowest BCUT2D eigenvalue weighted by molar-refractivity contribution is 0.666. The minimum Gasteiger partial charge on any atom is -0.0622 e. The highest BCUT2D eigenvalue weighted by molar-refractivity contribution is 6.23. The summed E-state index contributed by atoms with van der Waals surface area (Å²) in [6.45, 7) is 4.78. The second-order valence-corrected chi connectivity index (χ2v) is 12.4. The van der Waals surface area contributed by atoms with Crippen LogP contribution in [0.2, 0.25) is 0 Å². The summed E-state index contributed by atoms with van der Waals surface area (Å²) in [5.41, 5.74) is 10.7. The predicted octanol–water partition coefficient (Wildman–Crippen LogP) is 11.9. The van der Waals surface area contributed by atoms with Crippen molar-refractivity contribution in [2.24, 2.45) is 0 Å². The zero-order chi connectivity index (χ0) is 28.7. The quantitative estimate of drug-likeness (QED) is 0.149. The Morgan fingerprint density at radius 3 is 1.47 bits per heavy atom. The van der Waals surface area contributed by atoms with Crippen LogP contribution in [0.5, 0.6) is 0 Å². The van der Waals surface area contributed by atoms with E-state index in [1.807, 2.05) is 0 Å². The van der Waals surface area contributed by atoms with E-state index in [2.05, 4.69) is 159 Å². The summed E-state index contributed by atoms with van der Waals surface area (Å²) in [7, 11) is 0.